The molecule has 4 nitrogen and oxygen atoms in total. The largest absolute Gasteiger partial charge is 0.380 e. The zero-order chi connectivity index (χ0) is 16.9. The van der Waals surface area contributed by atoms with Gasteiger partial charge >= 0.3 is 0 Å². The first kappa shape index (κ1) is 16.2. The van der Waals surface area contributed by atoms with Gasteiger partial charge in [0.1, 0.15) is 11.2 Å². The topological polar surface area (TPSA) is 55.4 Å². The average molecular weight is 364 g/mol. The molecule has 126 valence electrons. The molecule has 1 aromatic carbocycles. The Labute approximate surface area is 150 Å². The fourth-order valence-electron chi connectivity index (χ4n) is 4.50. The van der Waals surface area contributed by atoms with E-state index >= 15 is 0 Å². The first-order valence-corrected chi connectivity index (χ1v) is 9.44. The number of hydrogen-bond acceptors (Lipinski definition) is 4. The third-order valence-electron chi connectivity index (χ3n) is 5.52. The number of fused-ring (bicyclic) bond motifs is 2. The lowest BCUT2D eigenvalue weighted by molar-refractivity contribution is -0.142. The minimum absolute atomic E-state index is 0.0746. The number of amides is 1. The molecule has 3 aliphatic rings. The number of Topliss-reactive ketones (excluding diaryl/α,β-unsaturated/α-hetero) is 1. The fourth-order valence-corrected chi connectivity index (χ4v) is 5.66. The Morgan fingerprint density at radius 3 is 2.88 bits per heavy atom. The lowest BCUT2D eigenvalue weighted by Gasteiger charge is -2.46. The average Bonchev–Trinajstić information content (AvgIpc) is 3.17. The number of allylic oxidation sites excluding steroid dienone is 1. The minimum Gasteiger partial charge on any atom is -0.380 e. The number of carbonyl (C=O) groups excluding carboxylic acids is 2. The molecule has 1 saturated carbocycles. The maximum Gasteiger partial charge on any atom is 0.238 e. The molecule has 1 amide bonds. The molecule has 1 aliphatic carbocycles. The van der Waals surface area contributed by atoms with Gasteiger partial charge in [-0.25, -0.2) is 0 Å². The molecular formula is C18H18ClNO3S. The van der Waals surface area contributed by atoms with E-state index in [4.69, 9.17) is 16.3 Å². The van der Waals surface area contributed by atoms with E-state index in [9.17, 15) is 9.59 Å². The highest BCUT2D eigenvalue weighted by atomic mass is 35.5. The molecule has 4 rings (SSSR count). The van der Waals surface area contributed by atoms with Crippen LogP contribution in [0.15, 0.2) is 29.7 Å². The summed E-state index contributed by atoms with van der Waals surface area (Å²) in [4.78, 5) is 25.5. The van der Waals surface area contributed by atoms with E-state index in [1.54, 1.807) is 24.9 Å². The second-order valence-corrected chi connectivity index (χ2v) is 7.99. The van der Waals surface area contributed by atoms with Crippen LogP contribution < -0.4 is 5.32 Å². The summed E-state index contributed by atoms with van der Waals surface area (Å²) < 4.78 is 5.70. The molecule has 0 saturated heterocycles. The van der Waals surface area contributed by atoms with Crippen LogP contribution in [0.3, 0.4) is 0 Å². The zero-order valence-electron chi connectivity index (χ0n) is 13.3. The first-order valence-electron chi connectivity index (χ1n) is 8.01. The second-order valence-electron chi connectivity index (χ2n) is 6.62. The van der Waals surface area contributed by atoms with Crippen LogP contribution in [-0.2, 0) is 19.7 Å². The van der Waals surface area contributed by atoms with Crippen LogP contribution in [0, 0.1) is 11.8 Å². The van der Waals surface area contributed by atoms with Crippen LogP contribution in [0.5, 0.6) is 0 Å². The van der Waals surface area contributed by atoms with E-state index < -0.39 is 11.5 Å². The number of halogens is 1. The van der Waals surface area contributed by atoms with Gasteiger partial charge in [0.05, 0.1) is 6.10 Å². The van der Waals surface area contributed by atoms with Crippen molar-refractivity contribution >= 4 is 40.7 Å². The molecule has 1 spiro atoms. The van der Waals surface area contributed by atoms with Crippen LogP contribution in [0.1, 0.15) is 18.4 Å². The number of rotatable bonds is 2. The van der Waals surface area contributed by atoms with Crippen molar-refractivity contribution in [2.45, 2.75) is 24.4 Å². The van der Waals surface area contributed by atoms with Gasteiger partial charge in [-0.05, 0) is 34.9 Å². The van der Waals surface area contributed by atoms with Crippen LogP contribution in [0.4, 0.5) is 5.69 Å². The molecule has 1 unspecified atom stereocenters. The molecule has 4 atom stereocenters. The van der Waals surface area contributed by atoms with Gasteiger partial charge in [0, 0.05) is 36.4 Å². The van der Waals surface area contributed by atoms with E-state index in [2.05, 4.69) is 16.8 Å². The van der Waals surface area contributed by atoms with Gasteiger partial charge in [-0.2, -0.15) is 0 Å². The molecule has 0 bridgehead atoms. The summed E-state index contributed by atoms with van der Waals surface area (Å²) in [5.41, 5.74) is 0.817. The van der Waals surface area contributed by atoms with Crippen molar-refractivity contribution in [2.75, 3.05) is 18.2 Å². The number of carbonyl (C=O) groups is 2. The number of methoxy groups -OCH3 is 1. The number of ketones is 1. The first-order chi connectivity index (χ1) is 11.6. The smallest absolute Gasteiger partial charge is 0.238 e. The van der Waals surface area contributed by atoms with Gasteiger partial charge in [0.2, 0.25) is 5.91 Å². The van der Waals surface area contributed by atoms with E-state index in [1.807, 2.05) is 12.1 Å². The molecule has 0 radical (unpaired) electrons. The highest BCUT2D eigenvalue weighted by Gasteiger charge is 2.62. The summed E-state index contributed by atoms with van der Waals surface area (Å²) in [6.07, 6.45) is 2.35. The molecule has 24 heavy (non-hydrogen) atoms. The lowest BCUT2D eigenvalue weighted by Crippen LogP contribution is -2.58. The number of nitrogens with one attached hydrogen (secondary N) is 1. The Hall–Kier alpha value is -1.30. The van der Waals surface area contributed by atoms with Gasteiger partial charge in [-0.15, -0.1) is 11.8 Å². The highest BCUT2D eigenvalue weighted by molar-refractivity contribution is 8.02. The molecule has 0 aromatic heterocycles. The van der Waals surface area contributed by atoms with Crippen LogP contribution in [0.2, 0.25) is 5.02 Å². The molecule has 6 heteroatoms. The second kappa shape index (κ2) is 5.90. The predicted octanol–water partition coefficient (Wildman–Crippen LogP) is 3.40. The molecule has 1 fully saturated rings. The molecule has 1 N–H and O–H groups in total. The van der Waals surface area contributed by atoms with E-state index in [-0.39, 0.29) is 29.9 Å². The van der Waals surface area contributed by atoms with Crippen molar-refractivity contribution in [2.24, 2.45) is 11.8 Å². The highest BCUT2D eigenvalue weighted by Crippen LogP contribution is 2.55. The Morgan fingerprint density at radius 2 is 2.17 bits per heavy atom. The minimum atomic E-state index is -0.831. The Morgan fingerprint density at radius 1 is 1.33 bits per heavy atom. The number of hydrogen-bond donors (Lipinski definition) is 1. The summed E-state index contributed by atoms with van der Waals surface area (Å²) >= 11 is 7.83. The van der Waals surface area contributed by atoms with Crippen LogP contribution >= 0.6 is 23.4 Å². The van der Waals surface area contributed by atoms with Crippen molar-refractivity contribution < 1.29 is 14.3 Å². The number of thioether (sulfide) groups is 1. The summed E-state index contributed by atoms with van der Waals surface area (Å²) in [7, 11) is 1.59. The SMILES string of the molecule is CO[C@H]1CC(=O)C[C@@H](C2C=CSC2)[C@]12C(=O)Nc1cc(Cl)ccc12. The molecule has 1 aromatic rings. The zero-order valence-corrected chi connectivity index (χ0v) is 14.8. The van der Waals surface area contributed by atoms with Gasteiger partial charge in [0.25, 0.3) is 0 Å². The van der Waals surface area contributed by atoms with Gasteiger partial charge in [-0.1, -0.05) is 23.7 Å². The van der Waals surface area contributed by atoms with Crippen molar-refractivity contribution in [1.82, 2.24) is 0 Å². The van der Waals surface area contributed by atoms with Crippen molar-refractivity contribution in [1.29, 1.82) is 0 Å². The van der Waals surface area contributed by atoms with E-state index in [0.717, 1.165) is 17.0 Å². The van der Waals surface area contributed by atoms with Gasteiger partial charge in [-0.3, -0.25) is 9.59 Å². The van der Waals surface area contributed by atoms with Crippen molar-refractivity contribution in [3.05, 3.63) is 40.3 Å². The Balaban J connectivity index is 1.91. The third-order valence-corrected chi connectivity index (χ3v) is 6.68. The summed E-state index contributed by atoms with van der Waals surface area (Å²) in [6.45, 7) is 0. The number of ether oxygens (including phenoxy) is 1. The monoisotopic (exact) mass is 363 g/mol. The summed E-state index contributed by atoms with van der Waals surface area (Å²) in [5, 5.41) is 5.63. The molecular weight excluding hydrogens is 346 g/mol. The standard InChI is InChI=1S/C18H18ClNO3S/c1-23-16-8-12(21)7-14(10-4-5-24-9-10)18(16)13-3-2-11(19)6-15(13)20-17(18)22/h2-6,10,14,16H,7-9H2,1H3,(H,20,22)/t10?,14-,16-,18-/m0/s1. The third kappa shape index (κ3) is 2.18. The van der Waals surface area contributed by atoms with Crippen molar-refractivity contribution in [3.63, 3.8) is 0 Å². The van der Waals surface area contributed by atoms with Crippen molar-refractivity contribution in [3.8, 4) is 0 Å². The van der Waals surface area contributed by atoms with Gasteiger partial charge in [0.15, 0.2) is 0 Å². The van der Waals surface area contributed by atoms with Gasteiger partial charge < -0.3 is 10.1 Å². The molecule has 2 aliphatic heterocycles. The Kier molecular flexibility index (Phi) is 3.98. The summed E-state index contributed by atoms with van der Waals surface area (Å²) in [6, 6.07) is 5.50. The Bertz CT molecular complexity index is 750. The maximum absolute atomic E-state index is 13.2. The fraction of sp³-hybridized carbons (Fsp3) is 0.444. The number of anilines is 1. The van der Waals surface area contributed by atoms with E-state index in [1.165, 1.54) is 0 Å². The normalized spacial score (nSPS) is 34.7. The predicted molar refractivity (Wildman–Crippen MR) is 95.4 cm³/mol. The summed E-state index contributed by atoms with van der Waals surface area (Å²) in [5.74, 6) is 1.07. The molecule has 2 heterocycles. The maximum atomic E-state index is 13.2. The number of benzene rings is 1. The lowest BCUT2D eigenvalue weighted by atomic mass is 9.57. The quantitative estimate of drug-likeness (QED) is 0.875. The van der Waals surface area contributed by atoms with E-state index in [0.29, 0.717) is 11.4 Å². The van der Waals surface area contributed by atoms with Crippen LogP contribution in [0.25, 0.3) is 0 Å². The van der Waals surface area contributed by atoms with Crippen LogP contribution in [-0.4, -0.2) is 30.7 Å².